The van der Waals surface area contributed by atoms with Crippen LogP contribution in [0.15, 0.2) is 18.2 Å². The number of anilines is 1. The van der Waals surface area contributed by atoms with Gasteiger partial charge in [0.25, 0.3) is 0 Å². The molecule has 1 aromatic rings. The fourth-order valence-electron chi connectivity index (χ4n) is 2.16. The SMILES string of the molecule is COC[C@H](C)NC(=O)CCCN(c1cc(Cl)ccc1Cl)S(C)(=O)=O. The summed E-state index contributed by atoms with van der Waals surface area (Å²) in [6.45, 7) is 2.38. The Hall–Kier alpha value is -1.02. The van der Waals surface area contributed by atoms with E-state index in [0.29, 0.717) is 23.7 Å². The van der Waals surface area contributed by atoms with E-state index in [0.717, 1.165) is 10.6 Å². The Kier molecular flexibility index (Phi) is 8.29. The van der Waals surface area contributed by atoms with Crippen LogP contribution in [0.2, 0.25) is 10.0 Å². The van der Waals surface area contributed by atoms with Crippen molar-refractivity contribution in [3.05, 3.63) is 28.2 Å². The monoisotopic (exact) mass is 396 g/mol. The number of methoxy groups -OCH3 is 1. The van der Waals surface area contributed by atoms with Gasteiger partial charge in [-0.1, -0.05) is 23.2 Å². The quantitative estimate of drug-likeness (QED) is 0.695. The van der Waals surface area contributed by atoms with Gasteiger partial charge in [0.05, 0.1) is 23.6 Å². The minimum atomic E-state index is -3.55. The van der Waals surface area contributed by atoms with Crippen LogP contribution in [0.25, 0.3) is 0 Å². The number of benzene rings is 1. The highest BCUT2D eigenvalue weighted by Gasteiger charge is 2.20. The molecule has 0 aliphatic heterocycles. The molecule has 1 rings (SSSR count). The number of nitrogens with zero attached hydrogens (tertiary/aromatic N) is 1. The standard InChI is InChI=1S/C15H22Cl2N2O4S/c1-11(10-23-2)18-15(20)5-4-8-19(24(3,21)22)14-9-12(16)6-7-13(14)17/h6-7,9,11H,4-5,8,10H2,1-3H3,(H,18,20)/t11-/m0/s1. The average molecular weight is 397 g/mol. The zero-order chi connectivity index (χ0) is 18.3. The molecule has 0 saturated heterocycles. The van der Waals surface area contributed by atoms with Gasteiger partial charge in [0.1, 0.15) is 0 Å². The smallest absolute Gasteiger partial charge is 0.232 e. The van der Waals surface area contributed by atoms with Crippen molar-refractivity contribution in [1.82, 2.24) is 5.32 Å². The number of hydrogen-bond acceptors (Lipinski definition) is 4. The van der Waals surface area contributed by atoms with Gasteiger partial charge in [-0.15, -0.1) is 0 Å². The minimum Gasteiger partial charge on any atom is -0.383 e. The summed E-state index contributed by atoms with van der Waals surface area (Å²) in [4.78, 5) is 11.8. The lowest BCUT2D eigenvalue weighted by Crippen LogP contribution is -2.36. The van der Waals surface area contributed by atoms with E-state index in [1.54, 1.807) is 13.2 Å². The first-order chi connectivity index (χ1) is 11.1. The van der Waals surface area contributed by atoms with Gasteiger partial charge in [-0.25, -0.2) is 8.42 Å². The second kappa shape index (κ2) is 9.46. The van der Waals surface area contributed by atoms with Crippen LogP contribution in [0.5, 0.6) is 0 Å². The van der Waals surface area contributed by atoms with Crippen LogP contribution in [0, 0.1) is 0 Å². The number of ether oxygens (including phenoxy) is 1. The molecule has 0 heterocycles. The van der Waals surface area contributed by atoms with Crippen molar-refractivity contribution >= 4 is 44.8 Å². The molecule has 24 heavy (non-hydrogen) atoms. The number of sulfonamides is 1. The second-order valence-electron chi connectivity index (χ2n) is 5.46. The van der Waals surface area contributed by atoms with Gasteiger partial charge >= 0.3 is 0 Å². The number of hydrogen-bond donors (Lipinski definition) is 1. The summed E-state index contributed by atoms with van der Waals surface area (Å²) < 4.78 is 30.2. The van der Waals surface area contributed by atoms with E-state index in [-0.39, 0.29) is 29.9 Å². The van der Waals surface area contributed by atoms with E-state index >= 15 is 0 Å². The third-order valence-corrected chi connectivity index (χ3v) is 4.90. The maximum Gasteiger partial charge on any atom is 0.232 e. The molecular formula is C15H22Cl2N2O4S. The topological polar surface area (TPSA) is 75.7 Å². The summed E-state index contributed by atoms with van der Waals surface area (Å²) in [7, 11) is -1.99. The lowest BCUT2D eigenvalue weighted by molar-refractivity contribution is -0.122. The lowest BCUT2D eigenvalue weighted by atomic mass is 10.2. The van der Waals surface area contributed by atoms with E-state index < -0.39 is 10.0 Å². The van der Waals surface area contributed by atoms with Crippen LogP contribution in [-0.4, -0.2) is 46.9 Å². The Balaban J connectivity index is 2.73. The molecule has 0 saturated carbocycles. The van der Waals surface area contributed by atoms with Crippen molar-refractivity contribution < 1.29 is 17.9 Å². The molecule has 0 aromatic heterocycles. The van der Waals surface area contributed by atoms with Gasteiger partial charge in [0.2, 0.25) is 15.9 Å². The second-order valence-corrected chi connectivity index (χ2v) is 8.21. The fraction of sp³-hybridized carbons (Fsp3) is 0.533. The average Bonchev–Trinajstić information content (AvgIpc) is 2.45. The number of carbonyl (C=O) groups is 1. The Morgan fingerprint density at radius 3 is 2.62 bits per heavy atom. The molecule has 1 atom stereocenters. The number of halogens is 2. The Bertz CT molecular complexity index is 667. The molecule has 1 amide bonds. The maximum absolute atomic E-state index is 12.0. The Morgan fingerprint density at radius 1 is 1.38 bits per heavy atom. The minimum absolute atomic E-state index is 0.101. The first kappa shape index (κ1) is 21.0. The third kappa shape index (κ3) is 6.84. The predicted molar refractivity (Wildman–Crippen MR) is 97.4 cm³/mol. The fourth-order valence-corrected chi connectivity index (χ4v) is 3.57. The van der Waals surface area contributed by atoms with Gasteiger partial charge in [0.15, 0.2) is 0 Å². The molecule has 9 heteroatoms. The molecule has 0 aliphatic carbocycles. The van der Waals surface area contributed by atoms with Gasteiger partial charge in [-0.3, -0.25) is 9.10 Å². The van der Waals surface area contributed by atoms with E-state index in [4.69, 9.17) is 27.9 Å². The largest absolute Gasteiger partial charge is 0.383 e. The number of rotatable bonds is 9. The van der Waals surface area contributed by atoms with Crippen LogP contribution in [0.4, 0.5) is 5.69 Å². The van der Waals surface area contributed by atoms with Crippen LogP contribution < -0.4 is 9.62 Å². The molecule has 0 radical (unpaired) electrons. The van der Waals surface area contributed by atoms with Crippen molar-refractivity contribution in [2.75, 3.05) is 30.8 Å². The third-order valence-electron chi connectivity index (χ3n) is 3.17. The van der Waals surface area contributed by atoms with E-state index in [1.165, 1.54) is 12.1 Å². The van der Waals surface area contributed by atoms with E-state index in [2.05, 4.69) is 5.32 Å². The van der Waals surface area contributed by atoms with Crippen LogP contribution in [0.3, 0.4) is 0 Å². The normalized spacial score (nSPS) is 12.7. The first-order valence-corrected chi connectivity index (χ1v) is 9.96. The summed E-state index contributed by atoms with van der Waals surface area (Å²) >= 11 is 12.0. The zero-order valence-electron chi connectivity index (χ0n) is 13.9. The molecule has 0 fully saturated rings. The molecule has 1 aromatic carbocycles. The van der Waals surface area contributed by atoms with Crippen molar-refractivity contribution in [1.29, 1.82) is 0 Å². The molecule has 0 bridgehead atoms. The van der Waals surface area contributed by atoms with Crippen molar-refractivity contribution in [2.45, 2.75) is 25.8 Å². The summed E-state index contributed by atoms with van der Waals surface area (Å²) in [5.41, 5.74) is 0.305. The number of nitrogens with one attached hydrogen (secondary N) is 1. The number of carbonyl (C=O) groups excluding carboxylic acids is 1. The van der Waals surface area contributed by atoms with Gasteiger partial charge < -0.3 is 10.1 Å². The number of amides is 1. The highest BCUT2D eigenvalue weighted by atomic mass is 35.5. The molecular weight excluding hydrogens is 375 g/mol. The molecule has 0 aliphatic rings. The van der Waals surface area contributed by atoms with Gasteiger partial charge in [-0.05, 0) is 31.5 Å². The van der Waals surface area contributed by atoms with Crippen molar-refractivity contribution in [3.63, 3.8) is 0 Å². The van der Waals surface area contributed by atoms with Crippen LogP contribution in [0.1, 0.15) is 19.8 Å². The summed E-state index contributed by atoms with van der Waals surface area (Å²) in [6, 6.07) is 4.51. The first-order valence-electron chi connectivity index (χ1n) is 7.36. The van der Waals surface area contributed by atoms with E-state index in [1.807, 2.05) is 6.92 Å². The molecule has 136 valence electrons. The summed E-state index contributed by atoms with van der Waals surface area (Å²) in [5.74, 6) is -0.162. The summed E-state index contributed by atoms with van der Waals surface area (Å²) in [5, 5.41) is 3.44. The van der Waals surface area contributed by atoms with Crippen LogP contribution >= 0.6 is 23.2 Å². The highest BCUT2D eigenvalue weighted by molar-refractivity contribution is 7.92. The molecule has 0 spiro atoms. The van der Waals surface area contributed by atoms with Crippen molar-refractivity contribution in [3.8, 4) is 0 Å². The lowest BCUT2D eigenvalue weighted by Gasteiger charge is -2.23. The maximum atomic E-state index is 12.0. The zero-order valence-corrected chi connectivity index (χ0v) is 16.2. The molecule has 1 N–H and O–H groups in total. The van der Waals surface area contributed by atoms with Crippen LogP contribution in [-0.2, 0) is 19.6 Å². The van der Waals surface area contributed by atoms with Crippen molar-refractivity contribution in [2.24, 2.45) is 0 Å². The van der Waals surface area contributed by atoms with Gasteiger partial charge in [-0.2, -0.15) is 0 Å². The Morgan fingerprint density at radius 2 is 2.04 bits per heavy atom. The highest BCUT2D eigenvalue weighted by Crippen LogP contribution is 2.30. The van der Waals surface area contributed by atoms with E-state index in [9.17, 15) is 13.2 Å². The Labute approximate surface area is 153 Å². The molecule has 6 nitrogen and oxygen atoms in total. The van der Waals surface area contributed by atoms with Gasteiger partial charge in [0, 0.05) is 31.1 Å². The predicted octanol–water partition coefficient (Wildman–Crippen LogP) is 2.69. The summed E-state index contributed by atoms with van der Waals surface area (Å²) in [6.07, 6.45) is 1.63. The molecule has 0 unspecified atom stereocenters.